The van der Waals surface area contributed by atoms with E-state index in [0.717, 1.165) is 0 Å². The Kier molecular flexibility index (Phi) is 4.51. The molecule has 5 nitrogen and oxygen atoms in total. The summed E-state index contributed by atoms with van der Waals surface area (Å²) < 4.78 is 13.5. The predicted molar refractivity (Wildman–Crippen MR) is 70.0 cm³/mol. The topological polar surface area (TPSA) is 61.9 Å². The van der Waals surface area contributed by atoms with Crippen LogP contribution in [-0.4, -0.2) is 38.8 Å². The maximum atomic E-state index is 13.5. The van der Waals surface area contributed by atoms with Crippen LogP contribution in [-0.2, 0) is 11.3 Å². The van der Waals surface area contributed by atoms with Gasteiger partial charge in [-0.05, 0) is 6.07 Å². The number of hydrogen-bond donors (Lipinski definition) is 1. The highest BCUT2D eigenvalue weighted by Gasteiger charge is 2.12. The van der Waals surface area contributed by atoms with E-state index in [0.29, 0.717) is 10.7 Å². The molecule has 0 saturated heterocycles. The zero-order chi connectivity index (χ0) is 13.7. The van der Waals surface area contributed by atoms with Crippen molar-refractivity contribution < 1.29 is 9.18 Å². The quantitative estimate of drug-likeness (QED) is 0.847. The molecule has 0 spiro atoms. The van der Waals surface area contributed by atoms with E-state index >= 15 is 0 Å². The highest BCUT2D eigenvalue weighted by molar-refractivity contribution is 7.99. The van der Waals surface area contributed by atoms with Crippen molar-refractivity contribution in [2.45, 2.75) is 11.7 Å². The molecule has 1 N–H and O–H groups in total. The number of amides is 1. The molecule has 100 valence electrons. The maximum Gasteiger partial charge on any atom is 0.233 e. The van der Waals surface area contributed by atoms with E-state index in [1.54, 1.807) is 25.2 Å². The van der Waals surface area contributed by atoms with Crippen LogP contribution >= 0.6 is 11.8 Å². The van der Waals surface area contributed by atoms with Crippen LogP contribution in [0.1, 0.15) is 5.56 Å². The summed E-state index contributed by atoms with van der Waals surface area (Å²) in [5.74, 6) is -0.158. The lowest BCUT2D eigenvalue weighted by Gasteiger charge is -2.17. The average Bonchev–Trinajstić information content (AvgIpc) is 2.91. The highest BCUT2D eigenvalue weighted by Crippen LogP contribution is 2.13. The Morgan fingerprint density at radius 3 is 2.95 bits per heavy atom. The fourth-order valence-electron chi connectivity index (χ4n) is 1.47. The lowest BCUT2D eigenvalue weighted by Crippen LogP contribution is -2.28. The first-order valence-corrected chi connectivity index (χ1v) is 6.61. The number of thioether (sulfide) groups is 1. The molecular weight excluding hydrogens is 267 g/mol. The Balaban J connectivity index is 1.87. The fourth-order valence-corrected chi connectivity index (χ4v) is 2.19. The van der Waals surface area contributed by atoms with Gasteiger partial charge in [0.2, 0.25) is 5.91 Å². The molecule has 0 aliphatic rings. The molecule has 0 atom stereocenters. The van der Waals surface area contributed by atoms with Gasteiger partial charge in [0, 0.05) is 19.2 Å². The molecule has 0 aliphatic heterocycles. The zero-order valence-electron chi connectivity index (χ0n) is 10.3. The maximum absolute atomic E-state index is 13.5. The molecule has 2 rings (SSSR count). The van der Waals surface area contributed by atoms with Crippen molar-refractivity contribution in [2.24, 2.45) is 0 Å². The van der Waals surface area contributed by atoms with Gasteiger partial charge >= 0.3 is 0 Å². The Morgan fingerprint density at radius 1 is 1.47 bits per heavy atom. The molecule has 0 bridgehead atoms. The lowest BCUT2D eigenvalue weighted by molar-refractivity contribution is -0.127. The van der Waals surface area contributed by atoms with Gasteiger partial charge in [-0.1, -0.05) is 30.0 Å². The number of hydrogen-bond acceptors (Lipinski definition) is 4. The second-order valence-corrected chi connectivity index (χ2v) is 4.88. The molecule has 1 aromatic carbocycles. The van der Waals surface area contributed by atoms with Crippen LogP contribution in [0.25, 0.3) is 0 Å². The first-order valence-electron chi connectivity index (χ1n) is 5.62. The van der Waals surface area contributed by atoms with Crippen LogP contribution in [0.15, 0.2) is 35.7 Å². The number of halogens is 1. The number of H-pyrrole nitrogens is 1. The summed E-state index contributed by atoms with van der Waals surface area (Å²) in [6, 6.07) is 6.43. The van der Waals surface area contributed by atoms with Gasteiger partial charge in [0.1, 0.15) is 12.1 Å². The molecule has 0 saturated carbocycles. The number of aromatic amines is 1. The van der Waals surface area contributed by atoms with E-state index in [-0.39, 0.29) is 24.0 Å². The Labute approximate surface area is 114 Å². The molecular formula is C12H13FN4OS. The van der Waals surface area contributed by atoms with Crippen LogP contribution in [0.4, 0.5) is 4.39 Å². The molecule has 0 unspecified atom stereocenters. The molecule has 1 amide bonds. The minimum Gasteiger partial charge on any atom is -0.341 e. The highest BCUT2D eigenvalue weighted by atomic mass is 32.2. The van der Waals surface area contributed by atoms with Crippen molar-refractivity contribution in [1.82, 2.24) is 20.1 Å². The van der Waals surface area contributed by atoms with Gasteiger partial charge in [0.15, 0.2) is 5.16 Å². The van der Waals surface area contributed by atoms with Gasteiger partial charge < -0.3 is 4.90 Å². The van der Waals surface area contributed by atoms with E-state index in [1.165, 1.54) is 29.1 Å². The van der Waals surface area contributed by atoms with Gasteiger partial charge in [-0.2, -0.15) is 5.10 Å². The second-order valence-electron chi connectivity index (χ2n) is 3.92. The molecule has 0 radical (unpaired) electrons. The summed E-state index contributed by atoms with van der Waals surface area (Å²) in [5.41, 5.74) is 0.503. The van der Waals surface area contributed by atoms with Crippen molar-refractivity contribution in [2.75, 3.05) is 12.8 Å². The summed E-state index contributed by atoms with van der Waals surface area (Å²) in [5, 5.41) is 6.94. The molecule has 1 heterocycles. The minimum absolute atomic E-state index is 0.0929. The molecule has 1 aromatic heterocycles. The standard InChI is InChI=1S/C12H13FN4OS/c1-17(6-9-4-2-3-5-10(9)13)11(18)7-19-12-14-8-15-16-12/h2-5,8H,6-7H2,1H3,(H,14,15,16). The third-order valence-electron chi connectivity index (χ3n) is 2.52. The normalized spacial score (nSPS) is 10.4. The SMILES string of the molecule is CN(Cc1ccccc1F)C(=O)CSc1ncn[nH]1. The van der Waals surface area contributed by atoms with Crippen molar-refractivity contribution in [3.63, 3.8) is 0 Å². The smallest absolute Gasteiger partial charge is 0.233 e. The van der Waals surface area contributed by atoms with Gasteiger partial charge in [-0.3, -0.25) is 9.89 Å². The van der Waals surface area contributed by atoms with Crippen molar-refractivity contribution in [1.29, 1.82) is 0 Å². The summed E-state index contributed by atoms with van der Waals surface area (Å²) in [7, 11) is 1.65. The van der Waals surface area contributed by atoms with Crippen LogP contribution < -0.4 is 0 Å². The van der Waals surface area contributed by atoms with E-state index < -0.39 is 0 Å². The Morgan fingerprint density at radius 2 is 2.26 bits per heavy atom. The summed E-state index contributed by atoms with van der Waals surface area (Å²) in [6.45, 7) is 0.252. The monoisotopic (exact) mass is 280 g/mol. The van der Waals surface area contributed by atoms with E-state index in [1.807, 2.05) is 0 Å². The predicted octanol–water partition coefficient (Wildman–Crippen LogP) is 1.69. The summed E-state index contributed by atoms with van der Waals surface area (Å²) in [4.78, 5) is 17.3. The number of rotatable bonds is 5. The molecule has 7 heteroatoms. The van der Waals surface area contributed by atoms with E-state index in [2.05, 4.69) is 15.2 Å². The van der Waals surface area contributed by atoms with Crippen molar-refractivity contribution in [3.05, 3.63) is 42.0 Å². The number of carbonyl (C=O) groups is 1. The summed E-state index contributed by atoms with van der Waals surface area (Å²) in [6.07, 6.45) is 1.38. The number of nitrogens with zero attached hydrogens (tertiary/aromatic N) is 3. The minimum atomic E-state index is -0.301. The number of aromatic nitrogens is 3. The van der Waals surface area contributed by atoms with Crippen LogP contribution in [0.2, 0.25) is 0 Å². The third-order valence-corrected chi connectivity index (χ3v) is 3.38. The lowest BCUT2D eigenvalue weighted by atomic mass is 10.2. The van der Waals surface area contributed by atoms with Crippen LogP contribution in [0.3, 0.4) is 0 Å². The van der Waals surface area contributed by atoms with E-state index in [4.69, 9.17) is 0 Å². The van der Waals surface area contributed by atoms with Crippen LogP contribution in [0.5, 0.6) is 0 Å². The third kappa shape index (κ3) is 3.78. The second kappa shape index (κ2) is 6.33. The fraction of sp³-hybridized carbons (Fsp3) is 0.250. The molecule has 2 aromatic rings. The number of carbonyl (C=O) groups excluding carboxylic acids is 1. The molecule has 0 fully saturated rings. The first kappa shape index (κ1) is 13.5. The average molecular weight is 280 g/mol. The summed E-state index contributed by atoms with van der Waals surface area (Å²) >= 11 is 1.26. The Hall–Kier alpha value is -1.89. The van der Waals surface area contributed by atoms with Gasteiger partial charge in [-0.15, -0.1) is 0 Å². The number of benzene rings is 1. The molecule has 19 heavy (non-hydrogen) atoms. The van der Waals surface area contributed by atoms with Crippen molar-refractivity contribution in [3.8, 4) is 0 Å². The van der Waals surface area contributed by atoms with Crippen LogP contribution in [0, 0.1) is 5.82 Å². The van der Waals surface area contributed by atoms with Gasteiger partial charge in [0.05, 0.1) is 5.75 Å². The van der Waals surface area contributed by atoms with E-state index in [9.17, 15) is 9.18 Å². The Bertz CT molecular complexity index is 546. The molecule has 0 aliphatic carbocycles. The van der Waals surface area contributed by atoms with Gasteiger partial charge in [-0.25, -0.2) is 9.37 Å². The van der Waals surface area contributed by atoms with Gasteiger partial charge in [0.25, 0.3) is 0 Å². The van der Waals surface area contributed by atoms with Crippen molar-refractivity contribution >= 4 is 17.7 Å². The first-order chi connectivity index (χ1) is 9.16. The largest absolute Gasteiger partial charge is 0.341 e. The number of nitrogens with one attached hydrogen (secondary N) is 1. The zero-order valence-corrected chi connectivity index (χ0v) is 11.2.